The lowest BCUT2D eigenvalue weighted by Crippen LogP contribution is -2.28. The number of carbonyl (C=O) groups is 1. The molecule has 0 saturated carbocycles. The minimum atomic E-state index is -0.207. The zero-order valence-corrected chi connectivity index (χ0v) is 17.5. The molecule has 0 saturated heterocycles. The van der Waals surface area contributed by atoms with Crippen LogP contribution in [-0.4, -0.2) is 25.1 Å². The molecule has 1 N–H and O–H groups in total. The number of carbonyl (C=O) groups excluding carboxylic acids is 1. The molecule has 6 heteroatoms. The molecule has 4 rings (SSSR count). The number of aryl methyl sites for hydroxylation is 1. The van der Waals surface area contributed by atoms with E-state index in [0.29, 0.717) is 22.1 Å². The summed E-state index contributed by atoms with van der Waals surface area (Å²) in [5, 5.41) is 4.53. The van der Waals surface area contributed by atoms with Gasteiger partial charge in [0.25, 0.3) is 5.91 Å². The Kier molecular flexibility index (Phi) is 5.33. The molecular formula is C23H23ClN2O3. The predicted molar refractivity (Wildman–Crippen MR) is 114 cm³/mol. The number of halogens is 1. The number of benzene rings is 2. The first-order valence-electron chi connectivity index (χ1n) is 9.65. The molecule has 0 aliphatic heterocycles. The van der Waals surface area contributed by atoms with Crippen LogP contribution in [0.25, 0.3) is 10.9 Å². The lowest BCUT2D eigenvalue weighted by atomic mass is 9.99. The number of amides is 1. The average Bonchev–Trinajstić information content (AvgIpc) is 3.19. The van der Waals surface area contributed by atoms with Crippen LogP contribution in [0.1, 0.15) is 46.6 Å². The molecule has 29 heavy (non-hydrogen) atoms. The van der Waals surface area contributed by atoms with E-state index in [2.05, 4.69) is 5.32 Å². The van der Waals surface area contributed by atoms with Gasteiger partial charge in [0.1, 0.15) is 0 Å². The molecule has 0 fully saturated rings. The number of methoxy groups -OCH3 is 2. The van der Waals surface area contributed by atoms with Gasteiger partial charge in [0.2, 0.25) is 0 Å². The van der Waals surface area contributed by atoms with Crippen molar-refractivity contribution in [1.29, 1.82) is 0 Å². The summed E-state index contributed by atoms with van der Waals surface area (Å²) in [7, 11) is 3.20. The van der Waals surface area contributed by atoms with Crippen LogP contribution in [0.4, 0.5) is 0 Å². The quantitative estimate of drug-likeness (QED) is 0.650. The Labute approximate surface area is 175 Å². The Balaban J connectivity index is 1.70. The third-order valence-corrected chi connectivity index (χ3v) is 5.69. The number of nitrogens with one attached hydrogen (secondary N) is 1. The van der Waals surface area contributed by atoms with E-state index in [4.69, 9.17) is 26.1 Å². The molecule has 1 amide bonds. The van der Waals surface area contributed by atoms with E-state index in [1.165, 1.54) is 0 Å². The SMILES string of the molecule is COc1ccc(C(C)NC(=O)c2c3c(nc4ccc(Cl)cc24)CCC3)cc1OC. The fourth-order valence-electron chi connectivity index (χ4n) is 3.97. The molecule has 1 aromatic heterocycles. The largest absolute Gasteiger partial charge is 0.493 e. The highest BCUT2D eigenvalue weighted by atomic mass is 35.5. The number of rotatable bonds is 5. The van der Waals surface area contributed by atoms with Crippen LogP contribution in [0, 0.1) is 0 Å². The molecule has 0 bridgehead atoms. The van der Waals surface area contributed by atoms with E-state index in [1.807, 2.05) is 43.3 Å². The van der Waals surface area contributed by atoms with Gasteiger partial charge in [-0.2, -0.15) is 0 Å². The van der Waals surface area contributed by atoms with E-state index in [-0.39, 0.29) is 11.9 Å². The van der Waals surface area contributed by atoms with Crippen molar-refractivity contribution >= 4 is 28.4 Å². The van der Waals surface area contributed by atoms with Gasteiger partial charge in [-0.05, 0) is 67.6 Å². The molecular weight excluding hydrogens is 388 g/mol. The van der Waals surface area contributed by atoms with Gasteiger partial charge < -0.3 is 14.8 Å². The van der Waals surface area contributed by atoms with E-state index in [9.17, 15) is 4.79 Å². The number of hydrogen-bond acceptors (Lipinski definition) is 4. The van der Waals surface area contributed by atoms with Crippen molar-refractivity contribution in [3.8, 4) is 11.5 Å². The number of hydrogen-bond donors (Lipinski definition) is 1. The minimum Gasteiger partial charge on any atom is -0.493 e. The summed E-state index contributed by atoms with van der Waals surface area (Å²) in [5.41, 5.74) is 4.49. The molecule has 1 aliphatic carbocycles. The van der Waals surface area contributed by atoms with E-state index in [1.54, 1.807) is 14.2 Å². The van der Waals surface area contributed by atoms with Gasteiger partial charge in [0.15, 0.2) is 11.5 Å². The number of ether oxygens (including phenoxy) is 2. The third kappa shape index (κ3) is 3.62. The summed E-state index contributed by atoms with van der Waals surface area (Å²) in [6, 6.07) is 11.0. The Morgan fingerprint density at radius 1 is 1.10 bits per heavy atom. The van der Waals surface area contributed by atoms with Gasteiger partial charge in [0.05, 0.1) is 31.3 Å². The minimum absolute atomic E-state index is 0.111. The fraction of sp³-hybridized carbons (Fsp3) is 0.304. The summed E-state index contributed by atoms with van der Waals surface area (Å²) < 4.78 is 10.7. The number of nitrogens with zero attached hydrogens (tertiary/aromatic N) is 1. The Morgan fingerprint density at radius 2 is 1.90 bits per heavy atom. The molecule has 1 heterocycles. The topological polar surface area (TPSA) is 60.5 Å². The Bertz CT molecular complexity index is 1100. The first kappa shape index (κ1) is 19.5. The molecule has 5 nitrogen and oxygen atoms in total. The monoisotopic (exact) mass is 410 g/mol. The maximum Gasteiger partial charge on any atom is 0.252 e. The van der Waals surface area contributed by atoms with Crippen molar-refractivity contribution in [2.75, 3.05) is 14.2 Å². The van der Waals surface area contributed by atoms with Gasteiger partial charge in [-0.15, -0.1) is 0 Å². The molecule has 2 aromatic carbocycles. The summed E-state index contributed by atoms with van der Waals surface area (Å²) in [6.07, 6.45) is 2.77. The van der Waals surface area contributed by atoms with Crippen LogP contribution < -0.4 is 14.8 Å². The maximum atomic E-state index is 13.4. The first-order valence-corrected chi connectivity index (χ1v) is 10.0. The van der Waals surface area contributed by atoms with Crippen molar-refractivity contribution in [2.24, 2.45) is 0 Å². The van der Waals surface area contributed by atoms with E-state index >= 15 is 0 Å². The van der Waals surface area contributed by atoms with Crippen molar-refractivity contribution in [2.45, 2.75) is 32.2 Å². The van der Waals surface area contributed by atoms with Crippen molar-refractivity contribution in [1.82, 2.24) is 10.3 Å². The summed E-state index contributed by atoms with van der Waals surface area (Å²) >= 11 is 6.22. The van der Waals surface area contributed by atoms with Crippen molar-refractivity contribution < 1.29 is 14.3 Å². The number of fused-ring (bicyclic) bond motifs is 2. The van der Waals surface area contributed by atoms with Gasteiger partial charge in [0, 0.05) is 16.1 Å². The highest BCUT2D eigenvalue weighted by Crippen LogP contribution is 2.33. The number of aromatic nitrogens is 1. The second kappa shape index (κ2) is 7.91. The van der Waals surface area contributed by atoms with Crippen molar-refractivity contribution in [3.63, 3.8) is 0 Å². The van der Waals surface area contributed by atoms with Crippen molar-refractivity contribution in [3.05, 3.63) is 63.8 Å². The average molecular weight is 411 g/mol. The standard InChI is InChI=1S/C23H23ClN2O3/c1-13(14-7-10-20(28-2)21(11-14)29-3)25-23(27)22-16-5-4-6-18(16)26-19-9-8-15(24)12-17(19)22/h7-13H,4-6H2,1-3H3,(H,25,27). The van der Waals surface area contributed by atoms with Crippen LogP contribution in [0.2, 0.25) is 5.02 Å². The molecule has 3 aromatic rings. The normalized spacial score (nSPS) is 13.8. The zero-order chi connectivity index (χ0) is 20.5. The van der Waals surface area contributed by atoms with Crippen LogP contribution in [0.3, 0.4) is 0 Å². The van der Waals surface area contributed by atoms with Gasteiger partial charge in [-0.25, -0.2) is 0 Å². The predicted octanol–water partition coefficient (Wildman–Crippen LogP) is 4.89. The van der Waals surface area contributed by atoms with Crippen LogP contribution in [0.5, 0.6) is 11.5 Å². The number of pyridine rings is 1. The van der Waals surface area contributed by atoms with Gasteiger partial charge in [-0.3, -0.25) is 9.78 Å². The maximum absolute atomic E-state index is 13.4. The van der Waals surface area contributed by atoms with Crippen LogP contribution in [-0.2, 0) is 12.8 Å². The highest BCUT2D eigenvalue weighted by molar-refractivity contribution is 6.31. The first-order chi connectivity index (χ1) is 14.0. The second-order valence-corrected chi connectivity index (χ2v) is 7.67. The van der Waals surface area contributed by atoms with Crippen LogP contribution in [0.15, 0.2) is 36.4 Å². The van der Waals surface area contributed by atoms with Gasteiger partial charge in [-0.1, -0.05) is 17.7 Å². The highest BCUT2D eigenvalue weighted by Gasteiger charge is 2.25. The van der Waals surface area contributed by atoms with Gasteiger partial charge >= 0.3 is 0 Å². The molecule has 1 aliphatic rings. The Morgan fingerprint density at radius 3 is 2.66 bits per heavy atom. The molecule has 0 spiro atoms. The lowest BCUT2D eigenvalue weighted by Gasteiger charge is -2.19. The van der Waals surface area contributed by atoms with Crippen LogP contribution >= 0.6 is 11.6 Å². The smallest absolute Gasteiger partial charge is 0.252 e. The lowest BCUT2D eigenvalue weighted by molar-refractivity contribution is 0.0940. The Hall–Kier alpha value is -2.79. The molecule has 0 radical (unpaired) electrons. The summed E-state index contributed by atoms with van der Waals surface area (Å²) in [6.45, 7) is 1.95. The summed E-state index contributed by atoms with van der Waals surface area (Å²) in [5.74, 6) is 1.18. The zero-order valence-electron chi connectivity index (χ0n) is 16.7. The molecule has 1 atom stereocenters. The van der Waals surface area contributed by atoms with E-state index < -0.39 is 0 Å². The fourth-order valence-corrected chi connectivity index (χ4v) is 4.14. The molecule has 150 valence electrons. The molecule has 1 unspecified atom stereocenters. The summed E-state index contributed by atoms with van der Waals surface area (Å²) in [4.78, 5) is 18.1. The third-order valence-electron chi connectivity index (χ3n) is 5.46. The second-order valence-electron chi connectivity index (χ2n) is 7.24. The van der Waals surface area contributed by atoms with E-state index in [0.717, 1.165) is 47.0 Å².